The lowest BCUT2D eigenvalue weighted by atomic mass is 9.99. The minimum Gasteiger partial charge on any atom is -0.313 e. The van der Waals surface area contributed by atoms with Crippen molar-refractivity contribution in [1.29, 1.82) is 0 Å². The maximum Gasteiger partial charge on any atom is 0.0537 e. The minimum atomic E-state index is 1.04. The van der Waals surface area contributed by atoms with E-state index in [1.807, 2.05) is 18.2 Å². The highest BCUT2D eigenvalue weighted by Gasteiger charge is 2.20. The molecule has 0 radical (unpaired) electrons. The monoisotopic (exact) mass is 478 g/mol. The minimum absolute atomic E-state index is 1.04. The van der Waals surface area contributed by atoms with Crippen LogP contribution in [-0.2, 0) is 6.42 Å². The van der Waals surface area contributed by atoms with Gasteiger partial charge in [0.25, 0.3) is 0 Å². The Kier molecular flexibility index (Phi) is 5.65. The summed E-state index contributed by atoms with van der Waals surface area (Å²) in [5, 5.41) is 1.23. The van der Waals surface area contributed by atoms with Crippen LogP contribution in [0, 0.1) is 6.92 Å². The normalized spacial score (nSPS) is 12.5. The molecule has 1 aliphatic carbocycles. The number of nitrogens with zero attached hydrogens (tertiary/aromatic N) is 2. The molecule has 5 aromatic rings. The number of allylic oxidation sites excluding steroid dienone is 1. The molecule has 6 rings (SSSR count). The van der Waals surface area contributed by atoms with E-state index >= 15 is 0 Å². The van der Waals surface area contributed by atoms with Crippen LogP contribution in [-0.4, -0.2) is 9.13 Å². The summed E-state index contributed by atoms with van der Waals surface area (Å²) in [4.78, 5) is 0. The molecule has 0 spiro atoms. The number of para-hydroxylation sites is 1. The summed E-state index contributed by atoms with van der Waals surface area (Å²) in [5.41, 5.74) is 13.2. The lowest BCUT2D eigenvalue weighted by Gasteiger charge is -2.14. The van der Waals surface area contributed by atoms with Crippen molar-refractivity contribution in [3.8, 4) is 22.5 Å². The average Bonchev–Trinajstić information content (AvgIpc) is 3.43. The highest BCUT2D eigenvalue weighted by Crippen LogP contribution is 2.35. The molecule has 0 N–H and O–H groups in total. The van der Waals surface area contributed by atoms with Crippen molar-refractivity contribution in [2.75, 3.05) is 0 Å². The maximum absolute atomic E-state index is 4.10. The Hall–Kier alpha value is -4.56. The van der Waals surface area contributed by atoms with E-state index in [1.54, 1.807) is 0 Å². The quantitative estimate of drug-likeness (QED) is 0.230. The standard InChI is InChI=1S/C35H30N2/c1-5-29-24(4)36(34-14-10-8-12-31(29)34)27-20-16-25(17-21-27)26-18-22-28(23-19-26)37-33(7-3)30(6-2)32-13-9-11-15-35(32)37/h5-8,10-12,14-23H,1-3,9,13H2,4H3. The maximum atomic E-state index is 4.10. The summed E-state index contributed by atoms with van der Waals surface area (Å²) < 4.78 is 4.62. The molecule has 0 fully saturated rings. The van der Waals surface area contributed by atoms with Gasteiger partial charge >= 0.3 is 0 Å². The van der Waals surface area contributed by atoms with Crippen LogP contribution in [0.2, 0.25) is 0 Å². The lowest BCUT2D eigenvalue weighted by molar-refractivity contribution is 0.955. The van der Waals surface area contributed by atoms with E-state index in [1.165, 1.54) is 50.1 Å². The highest BCUT2D eigenvalue weighted by atomic mass is 15.0. The van der Waals surface area contributed by atoms with Crippen molar-refractivity contribution in [3.05, 3.63) is 132 Å². The molecule has 2 nitrogen and oxygen atoms in total. The smallest absolute Gasteiger partial charge is 0.0537 e. The first-order chi connectivity index (χ1) is 18.2. The van der Waals surface area contributed by atoms with Gasteiger partial charge in [-0.1, -0.05) is 80.4 Å². The third-order valence-corrected chi connectivity index (χ3v) is 7.58. The Labute approximate surface area is 218 Å². The van der Waals surface area contributed by atoms with Crippen molar-refractivity contribution in [2.24, 2.45) is 0 Å². The van der Waals surface area contributed by atoms with Crippen LogP contribution in [0.5, 0.6) is 0 Å². The number of fused-ring (bicyclic) bond motifs is 2. The van der Waals surface area contributed by atoms with E-state index in [-0.39, 0.29) is 0 Å². The number of hydrogen-bond donors (Lipinski definition) is 0. The van der Waals surface area contributed by atoms with E-state index in [0.29, 0.717) is 0 Å². The molecule has 0 saturated carbocycles. The van der Waals surface area contributed by atoms with Crippen LogP contribution in [0.25, 0.3) is 57.7 Å². The van der Waals surface area contributed by atoms with Crippen molar-refractivity contribution >= 4 is 35.2 Å². The SMILES string of the molecule is C=Cc1c2c(n(-c3ccc(-c4ccc(-n5c(C)c(C=C)c6ccccc65)cc4)cc3)c1C=C)C=CCC2. The Balaban J connectivity index is 1.37. The zero-order valence-electron chi connectivity index (χ0n) is 21.2. The predicted octanol–water partition coefficient (Wildman–Crippen LogP) is 9.29. The van der Waals surface area contributed by atoms with Gasteiger partial charge in [-0.05, 0) is 78.9 Å². The number of benzene rings is 3. The van der Waals surface area contributed by atoms with E-state index < -0.39 is 0 Å². The molecule has 37 heavy (non-hydrogen) atoms. The van der Waals surface area contributed by atoms with Gasteiger partial charge in [0.15, 0.2) is 0 Å². The predicted molar refractivity (Wildman–Crippen MR) is 160 cm³/mol. The molecule has 1 aliphatic rings. The van der Waals surface area contributed by atoms with Gasteiger partial charge in [-0.3, -0.25) is 0 Å². The first-order valence-electron chi connectivity index (χ1n) is 12.8. The summed E-state index contributed by atoms with van der Waals surface area (Å²) in [5.74, 6) is 0. The molecule has 0 bridgehead atoms. The summed E-state index contributed by atoms with van der Waals surface area (Å²) in [6, 6.07) is 26.1. The average molecular weight is 479 g/mol. The van der Waals surface area contributed by atoms with Gasteiger partial charge in [0.1, 0.15) is 0 Å². The molecular weight excluding hydrogens is 448 g/mol. The molecule has 0 unspecified atom stereocenters. The molecule has 0 aliphatic heterocycles. The second-order valence-electron chi connectivity index (χ2n) is 9.50. The van der Waals surface area contributed by atoms with Crippen molar-refractivity contribution in [3.63, 3.8) is 0 Å². The zero-order chi connectivity index (χ0) is 25.5. The molecule has 0 atom stereocenters. The van der Waals surface area contributed by atoms with Crippen LogP contribution in [0.15, 0.2) is 98.6 Å². The topological polar surface area (TPSA) is 9.86 Å². The zero-order valence-corrected chi connectivity index (χ0v) is 21.2. The van der Waals surface area contributed by atoms with Crippen LogP contribution in [0.3, 0.4) is 0 Å². The van der Waals surface area contributed by atoms with Crippen LogP contribution >= 0.6 is 0 Å². The van der Waals surface area contributed by atoms with E-state index in [2.05, 4.69) is 121 Å². The molecule has 180 valence electrons. The van der Waals surface area contributed by atoms with Gasteiger partial charge < -0.3 is 9.13 Å². The molecule has 2 aromatic heterocycles. The summed E-state index contributed by atoms with van der Waals surface area (Å²) in [6.45, 7) is 14.4. The largest absolute Gasteiger partial charge is 0.313 e. The fourth-order valence-electron chi connectivity index (χ4n) is 5.83. The van der Waals surface area contributed by atoms with Gasteiger partial charge in [-0.15, -0.1) is 0 Å². The number of hydrogen-bond acceptors (Lipinski definition) is 0. The lowest BCUT2D eigenvalue weighted by Crippen LogP contribution is -2.01. The second-order valence-corrected chi connectivity index (χ2v) is 9.50. The summed E-state index contributed by atoms with van der Waals surface area (Å²) in [7, 11) is 0. The highest BCUT2D eigenvalue weighted by molar-refractivity contribution is 5.92. The first-order valence-corrected chi connectivity index (χ1v) is 12.8. The van der Waals surface area contributed by atoms with E-state index in [0.717, 1.165) is 29.9 Å². The van der Waals surface area contributed by atoms with E-state index in [9.17, 15) is 0 Å². The Morgan fingerprint density at radius 2 is 1.32 bits per heavy atom. The molecule has 3 aromatic carbocycles. The van der Waals surface area contributed by atoms with Crippen LogP contribution < -0.4 is 0 Å². The fraction of sp³-hybridized carbons (Fsp3) is 0.0857. The summed E-state index contributed by atoms with van der Waals surface area (Å²) in [6.07, 6.45) is 12.5. The number of aromatic nitrogens is 2. The molecule has 0 saturated heterocycles. The fourth-order valence-corrected chi connectivity index (χ4v) is 5.83. The van der Waals surface area contributed by atoms with Gasteiger partial charge in [0, 0.05) is 39.3 Å². The Morgan fingerprint density at radius 3 is 1.95 bits per heavy atom. The first kappa shape index (κ1) is 22.9. The Bertz CT molecular complexity index is 1700. The van der Waals surface area contributed by atoms with Gasteiger partial charge in [-0.25, -0.2) is 0 Å². The van der Waals surface area contributed by atoms with Crippen molar-refractivity contribution in [2.45, 2.75) is 19.8 Å². The molecular formula is C35H30N2. The number of rotatable bonds is 6. The molecule has 2 heteroatoms. The van der Waals surface area contributed by atoms with Crippen LogP contribution in [0.1, 0.15) is 40.2 Å². The third-order valence-electron chi connectivity index (χ3n) is 7.58. The van der Waals surface area contributed by atoms with E-state index in [4.69, 9.17) is 0 Å². The summed E-state index contributed by atoms with van der Waals surface area (Å²) >= 11 is 0. The van der Waals surface area contributed by atoms with Gasteiger partial charge in [0.05, 0.1) is 11.2 Å². The second kappa shape index (κ2) is 9.15. The van der Waals surface area contributed by atoms with Crippen molar-refractivity contribution < 1.29 is 0 Å². The Morgan fingerprint density at radius 1 is 0.703 bits per heavy atom. The molecule has 2 heterocycles. The van der Waals surface area contributed by atoms with Gasteiger partial charge in [-0.2, -0.15) is 0 Å². The van der Waals surface area contributed by atoms with Crippen LogP contribution in [0.4, 0.5) is 0 Å². The van der Waals surface area contributed by atoms with Gasteiger partial charge in [0.2, 0.25) is 0 Å². The molecule has 0 amide bonds. The third kappa shape index (κ3) is 3.56. The van der Waals surface area contributed by atoms with Crippen molar-refractivity contribution in [1.82, 2.24) is 9.13 Å².